The maximum absolute atomic E-state index is 10.7. The summed E-state index contributed by atoms with van der Waals surface area (Å²) in [7, 11) is 2.00. The zero-order valence-corrected chi connectivity index (χ0v) is 11.1. The molecule has 0 spiro atoms. The number of aliphatic hydroxyl groups is 1. The molecule has 3 nitrogen and oxygen atoms in total. The van der Waals surface area contributed by atoms with Gasteiger partial charge in [0.15, 0.2) is 0 Å². The Morgan fingerprint density at radius 2 is 2.06 bits per heavy atom. The van der Waals surface area contributed by atoms with Crippen LogP contribution in [-0.4, -0.2) is 30.6 Å². The molecular formula is C15H21NO2. The molecule has 18 heavy (non-hydrogen) atoms. The Balaban J connectivity index is 2.13. The van der Waals surface area contributed by atoms with Crippen molar-refractivity contribution in [3.05, 3.63) is 29.3 Å². The first-order valence-corrected chi connectivity index (χ1v) is 6.53. The van der Waals surface area contributed by atoms with Crippen LogP contribution in [0.2, 0.25) is 0 Å². The van der Waals surface area contributed by atoms with Crippen LogP contribution in [0.3, 0.4) is 0 Å². The average Bonchev–Trinajstić information content (AvgIpc) is 2.75. The summed E-state index contributed by atoms with van der Waals surface area (Å²) in [5.74, 6) is 0. The fourth-order valence-electron chi connectivity index (χ4n) is 2.90. The monoisotopic (exact) mass is 247 g/mol. The Hall–Kier alpha value is -1.35. The normalized spacial score (nSPS) is 17.7. The van der Waals surface area contributed by atoms with Crippen LogP contribution in [0.4, 0.5) is 5.69 Å². The van der Waals surface area contributed by atoms with Crippen molar-refractivity contribution in [2.24, 2.45) is 0 Å². The van der Waals surface area contributed by atoms with Crippen molar-refractivity contribution in [3.63, 3.8) is 0 Å². The van der Waals surface area contributed by atoms with Crippen LogP contribution >= 0.6 is 0 Å². The largest absolute Gasteiger partial charge is 0.388 e. The molecule has 0 heterocycles. The van der Waals surface area contributed by atoms with Gasteiger partial charge in [0, 0.05) is 24.8 Å². The van der Waals surface area contributed by atoms with Gasteiger partial charge in [-0.1, -0.05) is 12.8 Å². The van der Waals surface area contributed by atoms with E-state index < -0.39 is 5.60 Å². The first-order chi connectivity index (χ1) is 8.54. The van der Waals surface area contributed by atoms with Crippen molar-refractivity contribution in [2.45, 2.75) is 38.2 Å². The van der Waals surface area contributed by atoms with Crippen molar-refractivity contribution in [2.75, 3.05) is 18.5 Å². The number of anilines is 1. The third-order valence-corrected chi connectivity index (χ3v) is 3.83. The third kappa shape index (κ3) is 2.72. The fourth-order valence-corrected chi connectivity index (χ4v) is 2.90. The highest BCUT2D eigenvalue weighted by Crippen LogP contribution is 2.31. The molecule has 0 saturated heterocycles. The van der Waals surface area contributed by atoms with Gasteiger partial charge in [0.25, 0.3) is 0 Å². The molecule has 1 aliphatic carbocycles. The first-order valence-electron chi connectivity index (χ1n) is 6.53. The zero-order valence-electron chi connectivity index (χ0n) is 11.1. The number of likely N-dealkylation sites (N-methyl/N-ethyl adjacent to an activating group) is 1. The van der Waals surface area contributed by atoms with Crippen molar-refractivity contribution >= 4 is 12.0 Å². The van der Waals surface area contributed by atoms with E-state index >= 15 is 0 Å². The minimum Gasteiger partial charge on any atom is -0.388 e. The molecule has 1 aromatic rings. The van der Waals surface area contributed by atoms with Crippen molar-refractivity contribution in [3.8, 4) is 0 Å². The van der Waals surface area contributed by atoms with Gasteiger partial charge in [-0.15, -0.1) is 0 Å². The van der Waals surface area contributed by atoms with Gasteiger partial charge in [0.2, 0.25) is 0 Å². The quantitative estimate of drug-likeness (QED) is 0.831. The number of hydrogen-bond acceptors (Lipinski definition) is 3. The summed E-state index contributed by atoms with van der Waals surface area (Å²) in [6.07, 6.45) is 4.88. The van der Waals surface area contributed by atoms with E-state index in [1.807, 2.05) is 32.2 Å². The van der Waals surface area contributed by atoms with E-state index in [0.29, 0.717) is 12.1 Å². The second-order valence-corrected chi connectivity index (χ2v) is 5.45. The Labute approximate surface area is 108 Å². The van der Waals surface area contributed by atoms with Crippen LogP contribution in [0.1, 0.15) is 41.6 Å². The SMILES string of the molecule is Cc1cc(C=O)ccc1N(C)CC1(O)CCCC1. The second kappa shape index (κ2) is 5.11. The maximum Gasteiger partial charge on any atom is 0.150 e. The summed E-state index contributed by atoms with van der Waals surface area (Å²) in [6.45, 7) is 2.66. The van der Waals surface area contributed by atoms with Gasteiger partial charge >= 0.3 is 0 Å². The molecule has 1 N–H and O–H groups in total. The van der Waals surface area contributed by atoms with Crippen molar-refractivity contribution in [1.82, 2.24) is 0 Å². The number of benzene rings is 1. The Bertz CT molecular complexity index is 436. The van der Waals surface area contributed by atoms with Gasteiger partial charge in [0.05, 0.1) is 5.60 Å². The lowest BCUT2D eigenvalue weighted by atomic mass is 10.0. The molecular weight excluding hydrogens is 226 g/mol. The number of carbonyl (C=O) groups excluding carboxylic acids is 1. The molecule has 0 unspecified atom stereocenters. The van der Waals surface area contributed by atoms with Crippen molar-refractivity contribution < 1.29 is 9.90 Å². The van der Waals surface area contributed by atoms with E-state index in [1.165, 1.54) is 0 Å². The predicted octanol–water partition coefficient (Wildman–Crippen LogP) is 2.55. The molecule has 0 aromatic heterocycles. The zero-order chi connectivity index (χ0) is 13.2. The Morgan fingerprint density at radius 3 is 2.61 bits per heavy atom. The summed E-state index contributed by atoms with van der Waals surface area (Å²) in [4.78, 5) is 12.8. The number of aryl methyl sites for hydroxylation is 1. The number of rotatable bonds is 4. The van der Waals surface area contributed by atoms with Gasteiger partial charge in [-0.05, 0) is 43.5 Å². The van der Waals surface area contributed by atoms with E-state index in [9.17, 15) is 9.90 Å². The number of carbonyl (C=O) groups is 1. The van der Waals surface area contributed by atoms with Crippen LogP contribution in [0, 0.1) is 6.92 Å². The Morgan fingerprint density at radius 1 is 1.39 bits per heavy atom. The van der Waals surface area contributed by atoms with E-state index in [2.05, 4.69) is 4.90 Å². The molecule has 1 saturated carbocycles. The molecule has 0 radical (unpaired) electrons. The number of aldehydes is 1. The van der Waals surface area contributed by atoms with Gasteiger partial charge in [-0.25, -0.2) is 0 Å². The third-order valence-electron chi connectivity index (χ3n) is 3.83. The summed E-state index contributed by atoms with van der Waals surface area (Å²) in [5, 5.41) is 10.4. The van der Waals surface area contributed by atoms with Crippen LogP contribution in [0.5, 0.6) is 0 Å². The molecule has 1 aromatic carbocycles. The molecule has 98 valence electrons. The lowest BCUT2D eigenvalue weighted by molar-refractivity contribution is 0.0559. The fraction of sp³-hybridized carbons (Fsp3) is 0.533. The summed E-state index contributed by atoms with van der Waals surface area (Å²) < 4.78 is 0. The first kappa shape index (κ1) is 13.1. The van der Waals surface area contributed by atoms with Crippen LogP contribution < -0.4 is 4.90 Å². The van der Waals surface area contributed by atoms with E-state index in [0.717, 1.165) is 43.2 Å². The van der Waals surface area contributed by atoms with Gasteiger partial charge in [-0.3, -0.25) is 4.79 Å². The van der Waals surface area contributed by atoms with Gasteiger partial charge in [0.1, 0.15) is 6.29 Å². The topological polar surface area (TPSA) is 40.5 Å². The molecule has 0 amide bonds. The summed E-state index contributed by atoms with van der Waals surface area (Å²) in [5.41, 5.74) is 2.32. The van der Waals surface area contributed by atoms with Crippen LogP contribution in [0.25, 0.3) is 0 Å². The van der Waals surface area contributed by atoms with E-state index in [4.69, 9.17) is 0 Å². The molecule has 0 bridgehead atoms. The van der Waals surface area contributed by atoms with Crippen LogP contribution in [-0.2, 0) is 0 Å². The second-order valence-electron chi connectivity index (χ2n) is 5.45. The highest BCUT2D eigenvalue weighted by atomic mass is 16.3. The number of hydrogen-bond donors (Lipinski definition) is 1. The standard InChI is InChI=1S/C15H21NO2/c1-12-9-13(10-17)5-6-14(12)16(2)11-15(18)7-3-4-8-15/h5-6,9-10,18H,3-4,7-8,11H2,1-2H3. The lowest BCUT2D eigenvalue weighted by Gasteiger charge is -2.31. The number of nitrogens with zero attached hydrogens (tertiary/aromatic N) is 1. The van der Waals surface area contributed by atoms with Crippen LogP contribution in [0.15, 0.2) is 18.2 Å². The predicted molar refractivity (Wildman–Crippen MR) is 73.3 cm³/mol. The molecule has 1 aliphatic rings. The van der Waals surface area contributed by atoms with Gasteiger partial charge < -0.3 is 10.0 Å². The lowest BCUT2D eigenvalue weighted by Crippen LogP contribution is -2.39. The summed E-state index contributed by atoms with van der Waals surface area (Å²) >= 11 is 0. The Kier molecular flexibility index (Phi) is 3.71. The molecule has 1 fully saturated rings. The minimum absolute atomic E-state index is 0.537. The molecule has 3 heteroatoms. The molecule has 2 rings (SSSR count). The smallest absolute Gasteiger partial charge is 0.150 e. The van der Waals surface area contributed by atoms with E-state index in [-0.39, 0.29) is 0 Å². The maximum atomic E-state index is 10.7. The highest BCUT2D eigenvalue weighted by molar-refractivity contribution is 5.76. The molecule has 0 aliphatic heterocycles. The minimum atomic E-state index is -0.537. The van der Waals surface area contributed by atoms with Gasteiger partial charge in [-0.2, -0.15) is 0 Å². The molecule has 0 atom stereocenters. The van der Waals surface area contributed by atoms with Crippen molar-refractivity contribution in [1.29, 1.82) is 0 Å². The highest BCUT2D eigenvalue weighted by Gasteiger charge is 2.32. The van der Waals surface area contributed by atoms with E-state index in [1.54, 1.807) is 0 Å². The summed E-state index contributed by atoms with van der Waals surface area (Å²) in [6, 6.07) is 5.67. The average molecular weight is 247 g/mol.